The second-order valence-corrected chi connectivity index (χ2v) is 5.98. The van der Waals surface area contributed by atoms with E-state index in [-0.39, 0.29) is 17.0 Å². The van der Waals surface area contributed by atoms with Crippen LogP contribution in [-0.2, 0) is 0 Å². The fraction of sp³-hybridized carbons (Fsp3) is 0.333. The molecule has 1 aromatic rings. The Morgan fingerprint density at radius 3 is 2.65 bits per heavy atom. The van der Waals surface area contributed by atoms with Gasteiger partial charge in [-0.3, -0.25) is 4.79 Å². The number of primary amides is 1. The van der Waals surface area contributed by atoms with Gasteiger partial charge in [-0.15, -0.1) is 11.8 Å². The van der Waals surface area contributed by atoms with Gasteiger partial charge in [-0.05, 0) is 23.3 Å². The van der Waals surface area contributed by atoms with Gasteiger partial charge in [-0.1, -0.05) is 37.3 Å². The number of hydrogen-bond acceptors (Lipinski definition) is 3. The third-order valence-electron chi connectivity index (χ3n) is 3.33. The predicted octanol–water partition coefficient (Wildman–Crippen LogP) is 2.66. The number of hydrogen-bond donors (Lipinski definition) is 2. The first-order chi connectivity index (χ1) is 9.58. The van der Waals surface area contributed by atoms with Crippen LogP contribution in [0.5, 0.6) is 0 Å². The second-order valence-electron chi connectivity index (χ2n) is 4.86. The third kappa shape index (κ3) is 3.63. The summed E-state index contributed by atoms with van der Waals surface area (Å²) in [6.45, 7) is 2.49. The highest BCUT2D eigenvalue weighted by Crippen LogP contribution is 2.27. The van der Waals surface area contributed by atoms with Crippen LogP contribution < -0.4 is 11.1 Å². The molecule has 1 aliphatic rings. The predicted molar refractivity (Wildman–Crippen MR) is 81.9 cm³/mol. The number of Topliss-reactive ketones (excluding diaryl/α,β-unsaturated/α-hetero) is 1. The lowest BCUT2D eigenvalue weighted by Crippen LogP contribution is -2.32. The standard InChI is InChI=1S/C15H18N2O2S/c1-10(9-17-15(16)19)11-4-6-12(7-5-11)14(18)13-3-2-8-20-13/h2,4-8,10,13H,3,9H2,1H3,(H3,16,17,19). The van der Waals surface area contributed by atoms with E-state index in [1.165, 1.54) is 0 Å². The van der Waals surface area contributed by atoms with Crippen LogP contribution in [-0.4, -0.2) is 23.6 Å². The minimum absolute atomic E-state index is 0.0230. The number of carbonyl (C=O) groups excluding carboxylic acids is 2. The molecule has 1 heterocycles. The zero-order valence-corrected chi connectivity index (χ0v) is 12.2. The fourth-order valence-corrected chi connectivity index (χ4v) is 2.98. The summed E-state index contributed by atoms with van der Waals surface area (Å²) in [6.07, 6.45) is 2.84. The third-order valence-corrected chi connectivity index (χ3v) is 4.41. The molecule has 0 fully saturated rings. The molecule has 0 saturated carbocycles. The maximum atomic E-state index is 12.2. The lowest BCUT2D eigenvalue weighted by molar-refractivity contribution is 0.0990. The van der Waals surface area contributed by atoms with Crippen LogP contribution in [0.15, 0.2) is 35.7 Å². The van der Waals surface area contributed by atoms with E-state index in [2.05, 4.69) is 5.32 Å². The van der Waals surface area contributed by atoms with Gasteiger partial charge in [0.25, 0.3) is 0 Å². The lowest BCUT2D eigenvalue weighted by atomic mass is 9.98. The Balaban J connectivity index is 1.98. The topological polar surface area (TPSA) is 72.2 Å². The maximum Gasteiger partial charge on any atom is 0.312 e. The number of amides is 2. The molecule has 2 amide bonds. The summed E-state index contributed by atoms with van der Waals surface area (Å²) < 4.78 is 0. The number of carbonyl (C=O) groups is 2. The van der Waals surface area contributed by atoms with E-state index >= 15 is 0 Å². The van der Waals surface area contributed by atoms with Crippen LogP contribution in [0.4, 0.5) is 4.79 Å². The molecular formula is C15H18N2O2S. The summed E-state index contributed by atoms with van der Waals surface area (Å²) in [6, 6.07) is 7.07. The van der Waals surface area contributed by atoms with Crippen molar-refractivity contribution in [1.82, 2.24) is 5.32 Å². The second kappa shape index (κ2) is 6.61. The van der Waals surface area contributed by atoms with Crippen molar-refractivity contribution in [3.63, 3.8) is 0 Å². The highest BCUT2D eigenvalue weighted by Gasteiger charge is 2.21. The van der Waals surface area contributed by atoms with Gasteiger partial charge in [-0.2, -0.15) is 0 Å². The molecule has 0 bridgehead atoms. The molecule has 4 nitrogen and oxygen atoms in total. The molecule has 106 valence electrons. The molecule has 2 rings (SSSR count). The Kier molecular flexibility index (Phi) is 4.84. The molecule has 0 radical (unpaired) electrons. The molecule has 2 unspecified atom stereocenters. The van der Waals surface area contributed by atoms with Gasteiger partial charge in [-0.25, -0.2) is 4.79 Å². The van der Waals surface area contributed by atoms with Crippen LogP contribution in [0.2, 0.25) is 0 Å². The summed E-state index contributed by atoms with van der Waals surface area (Å²) in [4.78, 5) is 22.9. The van der Waals surface area contributed by atoms with E-state index in [1.54, 1.807) is 11.8 Å². The van der Waals surface area contributed by atoms with E-state index in [9.17, 15) is 9.59 Å². The van der Waals surface area contributed by atoms with Crippen molar-refractivity contribution in [3.8, 4) is 0 Å². The first kappa shape index (κ1) is 14.7. The van der Waals surface area contributed by atoms with Crippen molar-refractivity contribution in [2.24, 2.45) is 5.73 Å². The van der Waals surface area contributed by atoms with Gasteiger partial charge < -0.3 is 11.1 Å². The Morgan fingerprint density at radius 1 is 1.40 bits per heavy atom. The van der Waals surface area contributed by atoms with Gasteiger partial charge in [0.1, 0.15) is 0 Å². The normalized spacial score (nSPS) is 18.8. The van der Waals surface area contributed by atoms with Gasteiger partial charge in [0.15, 0.2) is 5.78 Å². The van der Waals surface area contributed by atoms with E-state index in [0.29, 0.717) is 6.54 Å². The highest BCUT2D eigenvalue weighted by atomic mass is 32.2. The van der Waals surface area contributed by atoms with E-state index < -0.39 is 6.03 Å². The summed E-state index contributed by atoms with van der Waals surface area (Å²) >= 11 is 1.58. The Morgan fingerprint density at radius 2 is 2.10 bits per heavy atom. The molecular weight excluding hydrogens is 272 g/mol. The molecule has 0 aromatic heterocycles. The van der Waals surface area contributed by atoms with E-state index in [0.717, 1.165) is 17.5 Å². The summed E-state index contributed by atoms with van der Waals surface area (Å²) in [5, 5.41) is 4.59. The van der Waals surface area contributed by atoms with Crippen molar-refractivity contribution in [3.05, 3.63) is 46.9 Å². The smallest absolute Gasteiger partial charge is 0.312 e. The molecule has 0 spiro atoms. The first-order valence-corrected chi connectivity index (χ1v) is 7.50. The van der Waals surface area contributed by atoms with Crippen LogP contribution in [0, 0.1) is 0 Å². The van der Waals surface area contributed by atoms with Crippen LogP contribution in [0.25, 0.3) is 0 Å². The quantitative estimate of drug-likeness (QED) is 0.819. The Bertz CT molecular complexity index is 517. The van der Waals surface area contributed by atoms with Crippen LogP contribution >= 0.6 is 11.8 Å². The van der Waals surface area contributed by atoms with E-state index in [4.69, 9.17) is 5.73 Å². The molecule has 20 heavy (non-hydrogen) atoms. The van der Waals surface area contributed by atoms with Crippen molar-refractivity contribution < 1.29 is 9.59 Å². The highest BCUT2D eigenvalue weighted by molar-refractivity contribution is 8.03. The van der Waals surface area contributed by atoms with Crippen molar-refractivity contribution in [2.45, 2.75) is 24.5 Å². The van der Waals surface area contributed by atoms with Crippen molar-refractivity contribution >= 4 is 23.6 Å². The number of rotatable bonds is 5. The number of ketones is 1. The summed E-state index contributed by atoms with van der Waals surface area (Å²) in [7, 11) is 0. The molecule has 2 atom stereocenters. The lowest BCUT2D eigenvalue weighted by Gasteiger charge is -2.13. The van der Waals surface area contributed by atoms with Crippen LogP contribution in [0.1, 0.15) is 35.2 Å². The summed E-state index contributed by atoms with van der Waals surface area (Å²) in [5.41, 5.74) is 6.87. The van der Waals surface area contributed by atoms with Gasteiger partial charge >= 0.3 is 6.03 Å². The van der Waals surface area contributed by atoms with Gasteiger partial charge in [0.05, 0.1) is 5.25 Å². The molecule has 0 aliphatic carbocycles. The monoisotopic (exact) mass is 290 g/mol. The first-order valence-electron chi connectivity index (χ1n) is 6.56. The number of benzene rings is 1. The molecule has 0 saturated heterocycles. The number of allylic oxidation sites excluding steroid dienone is 1. The minimum Gasteiger partial charge on any atom is -0.352 e. The number of nitrogens with two attached hydrogens (primary N) is 1. The molecule has 5 heteroatoms. The van der Waals surface area contributed by atoms with Crippen molar-refractivity contribution in [1.29, 1.82) is 0 Å². The molecule has 1 aliphatic heterocycles. The van der Waals surface area contributed by atoms with Gasteiger partial charge in [0.2, 0.25) is 0 Å². The minimum atomic E-state index is -0.519. The van der Waals surface area contributed by atoms with Gasteiger partial charge in [0, 0.05) is 12.1 Å². The SMILES string of the molecule is CC(CNC(N)=O)c1ccc(C(=O)C2CC=CS2)cc1. The fourth-order valence-electron chi connectivity index (χ4n) is 2.09. The van der Waals surface area contributed by atoms with Crippen molar-refractivity contribution in [2.75, 3.05) is 6.54 Å². The average molecular weight is 290 g/mol. The molecule has 3 N–H and O–H groups in total. The summed E-state index contributed by atoms with van der Waals surface area (Å²) in [5.74, 6) is 0.337. The largest absolute Gasteiger partial charge is 0.352 e. The maximum absolute atomic E-state index is 12.2. The van der Waals surface area contributed by atoms with Crippen LogP contribution in [0.3, 0.4) is 0 Å². The molecule has 1 aromatic carbocycles. The zero-order valence-electron chi connectivity index (χ0n) is 11.3. The average Bonchev–Trinajstić information content (AvgIpc) is 2.98. The van der Waals surface area contributed by atoms with E-state index in [1.807, 2.05) is 42.7 Å². The zero-order chi connectivity index (χ0) is 14.5. The number of urea groups is 1. The number of thioether (sulfide) groups is 1. The number of nitrogens with one attached hydrogen (secondary N) is 1. The Hall–Kier alpha value is -1.75. The Labute approximate surface area is 122 Å².